The van der Waals surface area contributed by atoms with Crippen molar-refractivity contribution in [3.63, 3.8) is 0 Å². The second-order valence-corrected chi connectivity index (χ2v) is 6.99. The van der Waals surface area contributed by atoms with E-state index in [2.05, 4.69) is 10.0 Å². The molecule has 9 heteroatoms. The molecule has 1 aromatic carbocycles. The monoisotopic (exact) mass is 345 g/mol. The Morgan fingerprint density at radius 1 is 1.35 bits per heavy atom. The Kier molecular flexibility index (Phi) is 7.27. The van der Waals surface area contributed by atoms with Gasteiger partial charge in [0.05, 0.1) is 37.8 Å². The lowest BCUT2D eigenvalue weighted by molar-refractivity contribution is -0.115. The molecule has 1 aromatic rings. The maximum absolute atomic E-state index is 11.8. The van der Waals surface area contributed by atoms with Crippen LogP contribution in [0.3, 0.4) is 0 Å². The molecule has 0 atom stereocenters. The van der Waals surface area contributed by atoms with Crippen LogP contribution in [0, 0.1) is 0 Å². The first-order valence-corrected chi connectivity index (χ1v) is 8.71. The van der Waals surface area contributed by atoms with Gasteiger partial charge in [-0.15, -0.1) is 0 Å². The lowest BCUT2D eigenvalue weighted by Gasteiger charge is -2.10. The number of amides is 1. The first kappa shape index (κ1) is 19.2. The molecule has 4 N–H and O–H groups in total. The van der Waals surface area contributed by atoms with Gasteiger partial charge in [-0.1, -0.05) is 0 Å². The minimum absolute atomic E-state index is 0.0472. The van der Waals surface area contributed by atoms with Crippen molar-refractivity contribution >= 4 is 27.3 Å². The number of nitrogens with one attached hydrogen (secondary N) is 2. The van der Waals surface area contributed by atoms with Gasteiger partial charge in [-0.05, 0) is 32.0 Å². The fraction of sp³-hybridized carbons (Fsp3) is 0.500. The number of rotatable bonds is 9. The molecule has 0 aliphatic carbocycles. The molecular formula is C14H23N3O5S. The summed E-state index contributed by atoms with van der Waals surface area (Å²) in [6, 6.07) is 4.75. The Bertz CT molecular complexity index is 631. The standard InChI is InChI=1S/C14H23N3O5S/c1-10(2)22-6-7-23(19,20)16-9-14(18)17-11-4-5-13(21-3)12(15)8-11/h4-5,8,10,16H,6-7,9,15H2,1-3H3,(H,17,18). The second kappa shape index (κ2) is 8.70. The van der Waals surface area contributed by atoms with Gasteiger partial charge in [0, 0.05) is 5.69 Å². The molecule has 1 rings (SSSR count). The first-order chi connectivity index (χ1) is 10.7. The van der Waals surface area contributed by atoms with Gasteiger partial charge in [-0.25, -0.2) is 13.1 Å². The number of methoxy groups -OCH3 is 1. The molecule has 0 saturated heterocycles. The molecule has 0 heterocycles. The summed E-state index contributed by atoms with van der Waals surface area (Å²) in [4.78, 5) is 11.8. The molecule has 0 spiro atoms. The van der Waals surface area contributed by atoms with E-state index in [-0.39, 0.29) is 25.0 Å². The Labute approximate surface area is 136 Å². The molecular weight excluding hydrogens is 322 g/mol. The van der Waals surface area contributed by atoms with Crippen molar-refractivity contribution in [1.29, 1.82) is 0 Å². The molecule has 0 aromatic heterocycles. The summed E-state index contributed by atoms with van der Waals surface area (Å²) in [5, 5.41) is 2.55. The number of hydrogen-bond acceptors (Lipinski definition) is 6. The van der Waals surface area contributed by atoms with Crippen molar-refractivity contribution in [2.45, 2.75) is 20.0 Å². The van der Waals surface area contributed by atoms with Crippen LogP contribution >= 0.6 is 0 Å². The van der Waals surface area contributed by atoms with Gasteiger partial charge in [0.1, 0.15) is 5.75 Å². The fourth-order valence-corrected chi connectivity index (χ4v) is 2.47. The second-order valence-electron chi connectivity index (χ2n) is 5.06. The number of carbonyl (C=O) groups is 1. The molecule has 0 fully saturated rings. The van der Waals surface area contributed by atoms with E-state index in [1.54, 1.807) is 12.1 Å². The summed E-state index contributed by atoms with van der Waals surface area (Å²) in [6.07, 6.45) is -0.0472. The quantitative estimate of drug-likeness (QED) is 0.563. The van der Waals surface area contributed by atoms with Gasteiger partial charge < -0.3 is 20.5 Å². The lowest BCUT2D eigenvalue weighted by Crippen LogP contribution is -2.35. The maximum atomic E-state index is 11.8. The molecule has 0 unspecified atom stereocenters. The number of nitrogens with two attached hydrogens (primary N) is 1. The Morgan fingerprint density at radius 3 is 2.61 bits per heavy atom. The highest BCUT2D eigenvalue weighted by Gasteiger charge is 2.13. The SMILES string of the molecule is COc1ccc(NC(=O)CNS(=O)(=O)CCOC(C)C)cc1N. The number of benzene rings is 1. The summed E-state index contributed by atoms with van der Waals surface area (Å²) >= 11 is 0. The zero-order valence-electron chi connectivity index (χ0n) is 13.5. The largest absolute Gasteiger partial charge is 0.495 e. The van der Waals surface area contributed by atoms with E-state index in [1.165, 1.54) is 13.2 Å². The fourth-order valence-electron chi connectivity index (χ4n) is 1.66. The van der Waals surface area contributed by atoms with Crippen LogP contribution in [0.4, 0.5) is 11.4 Å². The van der Waals surface area contributed by atoms with Crippen LogP contribution in [-0.4, -0.2) is 46.4 Å². The molecule has 0 bridgehead atoms. The zero-order chi connectivity index (χ0) is 17.5. The third kappa shape index (κ3) is 7.31. The Balaban J connectivity index is 2.46. The van der Waals surface area contributed by atoms with Gasteiger partial charge >= 0.3 is 0 Å². The molecule has 0 aliphatic heterocycles. The van der Waals surface area contributed by atoms with Gasteiger partial charge in [0.2, 0.25) is 15.9 Å². The van der Waals surface area contributed by atoms with Crippen LogP contribution in [0.5, 0.6) is 5.75 Å². The number of carbonyl (C=O) groups excluding carboxylic acids is 1. The number of nitrogen functional groups attached to an aromatic ring is 1. The predicted octanol–water partition coefficient (Wildman–Crippen LogP) is 0.560. The Morgan fingerprint density at radius 2 is 2.04 bits per heavy atom. The van der Waals surface area contributed by atoms with E-state index in [4.69, 9.17) is 15.2 Å². The number of sulfonamides is 1. The average molecular weight is 345 g/mol. The number of hydrogen-bond donors (Lipinski definition) is 3. The molecule has 8 nitrogen and oxygen atoms in total. The van der Waals surface area contributed by atoms with Crippen molar-refractivity contribution in [2.24, 2.45) is 0 Å². The summed E-state index contributed by atoms with van der Waals surface area (Å²) in [6.45, 7) is 3.33. The van der Waals surface area contributed by atoms with E-state index in [9.17, 15) is 13.2 Å². The van der Waals surface area contributed by atoms with E-state index >= 15 is 0 Å². The van der Waals surface area contributed by atoms with Gasteiger partial charge in [-0.2, -0.15) is 0 Å². The minimum Gasteiger partial charge on any atom is -0.495 e. The maximum Gasteiger partial charge on any atom is 0.239 e. The molecule has 0 aliphatic rings. The van der Waals surface area contributed by atoms with E-state index in [1.807, 2.05) is 13.8 Å². The topological polar surface area (TPSA) is 120 Å². The third-order valence-electron chi connectivity index (χ3n) is 2.77. The highest BCUT2D eigenvalue weighted by molar-refractivity contribution is 7.89. The van der Waals surface area contributed by atoms with Crippen LogP contribution in [-0.2, 0) is 19.6 Å². The van der Waals surface area contributed by atoms with Gasteiger partial charge in [0.25, 0.3) is 0 Å². The van der Waals surface area contributed by atoms with E-state index < -0.39 is 15.9 Å². The third-order valence-corrected chi connectivity index (χ3v) is 4.06. The summed E-state index contributed by atoms with van der Waals surface area (Å²) in [7, 11) is -2.08. The summed E-state index contributed by atoms with van der Waals surface area (Å²) in [5.74, 6) is -0.203. The molecule has 0 radical (unpaired) electrons. The average Bonchev–Trinajstić information content (AvgIpc) is 2.45. The molecule has 23 heavy (non-hydrogen) atoms. The summed E-state index contributed by atoms with van der Waals surface area (Å²) in [5.41, 5.74) is 6.55. The van der Waals surface area contributed by atoms with Crippen LogP contribution < -0.4 is 20.5 Å². The minimum atomic E-state index is -3.56. The van der Waals surface area contributed by atoms with Crippen LogP contribution in [0.25, 0.3) is 0 Å². The van der Waals surface area contributed by atoms with Crippen molar-refractivity contribution < 1.29 is 22.7 Å². The van der Waals surface area contributed by atoms with Crippen molar-refractivity contribution in [1.82, 2.24) is 4.72 Å². The van der Waals surface area contributed by atoms with Gasteiger partial charge in [0.15, 0.2) is 0 Å². The van der Waals surface area contributed by atoms with Gasteiger partial charge in [-0.3, -0.25) is 4.79 Å². The summed E-state index contributed by atoms with van der Waals surface area (Å²) < 4.78 is 35.8. The predicted molar refractivity (Wildman–Crippen MR) is 88.9 cm³/mol. The Hall–Kier alpha value is -1.84. The van der Waals surface area contributed by atoms with E-state index in [0.717, 1.165) is 0 Å². The lowest BCUT2D eigenvalue weighted by atomic mass is 10.2. The smallest absolute Gasteiger partial charge is 0.239 e. The zero-order valence-corrected chi connectivity index (χ0v) is 14.3. The number of ether oxygens (including phenoxy) is 2. The van der Waals surface area contributed by atoms with Crippen LogP contribution in [0.15, 0.2) is 18.2 Å². The highest BCUT2D eigenvalue weighted by Crippen LogP contribution is 2.24. The van der Waals surface area contributed by atoms with Crippen LogP contribution in [0.1, 0.15) is 13.8 Å². The number of anilines is 2. The van der Waals surface area contributed by atoms with Crippen LogP contribution in [0.2, 0.25) is 0 Å². The highest BCUT2D eigenvalue weighted by atomic mass is 32.2. The van der Waals surface area contributed by atoms with Crippen molar-refractivity contribution in [3.05, 3.63) is 18.2 Å². The molecule has 1 amide bonds. The normalized spacial score (nSPS) is 11.5. The van der Waals surface area contributed by atoms with Crippen molar-refractivity contribution in [3.8, 4) is 5.75 Å². The molecule has 0 saturated carbocycles. The molecule has 130 valence electrons. The van der Waals surface area contributed by atoms with E-state index in [0.29, 0.717) is 17.1 Å². The van der Waals surface area contributed by atoms with Crippen molar-refractivity contribution in [2.75, 3.05) is 37.1 Å². The first-order valence-electron chi connectivity index (χ1n) is 7.06.